The zero-order valence-electron chi connectivity index (χ0n) is 13.6. The van der Waals surface area contributed by atoms with Crippen molar-refractivity contribution in [2.75, 3.05) is 10.6 Å². The Morgan fingerprint density at radius 3 is 2.84 bits per heavy atom. The molecule has 0 spiro atoms. The van der Waals surface area contributed by atoms with E-state index in [-0.39, 0.29) is 6.01 Å². The largest absolute Gasteiger partial charge is 0.466 e. The number of nitrogens with zero attached hydrogens (tertiary/aromatic N) is 1. The molecule has 2 aromatic carbocycles. The molecule has 7 heteroatoms. The van der Waals surface area contributed by atoms with E-state index in [4.69, 9.17) is 9.15 Å². The molecular weight excluding hydrogens is 322 g/mol. The van der Waals surface area contributed by atoms with E-state index < -0.39 is 17.4 Å². The molecule has 0 bridgehead atoms. The highest BCUT2D eigenvalue weighted by Gasteiger charge is 2.47. The summed E-state index contributed by atoms with van der Waals surface area (Å²) in [6.45, 7) is 3.31. The second-order valence-electron chi connectivity index (χ2n) is 6.03. The number of benzene rings is 2. The number of ether oxygens (including phenoxy) is 1. The van der Waals surface area contributed by atoms with Crippen LogP contribution in [0.25, 0.3) is 11.1 Å². The molecule has 25 heavy (non-hydrogen) atoms. The average molecular weight is 337 g/mol. The number of fused-ring (bicyclic) bond motifs is 2. The molecule has 7 nitrogen and oxygen atoms in total. The number of carbonyl (C=O) groups is 2. The maximum absolute atomic E-state index is 12.7. The van der Waals surface area contributed by atoms with Crippen LogP contribution in [0, 0.1) is 6.92 Å². The number of rotatable bonds is 2. The molecule has 0 aliphatic carbocycles. The molecule has 0 radical (unpaired) electrons. The first-order valence-electron chi connectivity index (χ1n) is 7.74. The van der Waals surface area contributed by atoms with Gasteiger partial charge < -0.3 is 14.5 Å². The molecule has 1 aromatic heterocycles. The summed E-state index contributed by atoms with van der Waals surface area (Å²) >= 11 is 0. The van der Waals surface area contributed by atoms with Crippen LogP contribution >= 0.6 is 0 Å². The minimum atomic E-state index is -1.73. The van der Waals surface area contributed by atoms with Gasteiger partial charge in [-0.1, -0.05) is 18.2 Å². The van der Waals surface area contributed by atoms with E-state index in [1.165, 1.54) is 6.92 Å². The van der Waals surface area contributed by atoms with E-state index in [0.29, 0.717) is 22.5 Å². The van der Waals surface area contributed by atoms with Gasteiger partial charge in [-0.15, -0.1) is 0 Å². The van der Waals surface area contributed by atoms with Crippen LogP contribution in [0.4, 0.5) is 11.7 Å². The van der Waals surface area contributed by atoms with E-state index >= 15 is 0 Å². The standard InChI is InChI=1S/C18H15N3O4/c1-10-7-8-14-12(9-10)19-15(22)18(2,25-14)16(23)21-17-20-11-5-3-4-6-13(11)24-17/h3-9H,1-2H3,(H,19,22)(H,20,21,23). The highest BCUT2D eigenvalue weighted by molar-refractivity contribution is 6.18. The first kappa shape index (κ1) is 15.2. The van der Waals surface area contributed by atoms with E-state index in [1.54, 1.807) is 30.3 Å². The van der Waals surface area contributed by atoms with Crippen LogP contribution in [-0.4, -0.2) is 22.4 Å². The predicted octanol–water partition coefficient (Wildman–Crippen LogP) is 2.86. The van der Waals surface area contributed by atoms with Gasteiger partial charge in [0.1, 0.15) is 11.3 Å². The summed E-state index contributed by atoms with van der Waals surface area (Å²) in [6, 6.07) is 12.5. The van der Waals surface area contributed by atoms with Crippen molar-refractivity contribution in [2.24, 2.45) is 0 Å². The number of oxazole rings is 1. The third kappa shape index (κ3) is 2.50. The maximum atomic E-state index is 12.7. The van der Waals surface area contributed by atoms with Gasteiger partial charge in [-0.2, -0.15) is 4.98 Å². The van der Waals surface area contributed by atoms with Crippen LogP contribution in [0.3, 0.4) is 0 Å². The minimum Gasteiger partial charge on any atom is -0.466 e. The van der Waals surface area contributed by atoms with E-state index in [2.05, 4.69) is 15.6 Å². The third-order valence-electron chi connectivity index (χ3n) is 4.08. The highest BCUT2D eigenvalue weighted by Crippen LogP contribution is 2.35. The van der Waals surface area contributed by atoms with Gasteiger partial charge in [-0.3, -0.25) is 14.9 Å². The first-order valence-corrected chi connectivity index (χ1v) is 7.74. The molecule has 1 aliphatic heterocycles. The average Bonchev–Trinajstić information content (AvgIpc) is 2.98. The fraction of sp³-hybridized carbons (Fsp3) is 0.167. The first-order chi connectivity index (χ1) is 12.0. The second-order valence-corrected chi connectivity index (χ2v) is 6.03. The Labute approximate surface area is 143 Å². The molecular formula is C18H15N3O4. The van der Waals surface area contributed by atoms with Crippen molar-refractivity contribution in [1.29, 1.82) is 0 Å². The molecule has 2 heterocycles. The Bertz CT molecular complexity index is 977. The Hall–Kier alpha value is -3.35. The normalized spacial score (nSPS) is 19.0. The number of anilines is 2. The van der Waals surface area contributed by atoms with Gasteiger partial charge in [0.2, 0.25) is 0 Å². The lowest BCUT2D eigenvalue weighted by molar-refractivity contribution is -0.143. The monoisotopic (exact) mass is 337 g/mol. The Kier molecular flexibility index (Phi) is 3.24. The molecule has 4 rings (SSSR count). The number of para-hydroxylation sites is 2. The van der Waals surface area contributed by atoms with Gasteiger partial charge in [0.15, 0.2) is 5.58 Å². The number of carbonyl (C=O) groups excluding carboxylic acids is 2. The fourth-order valence-corrected chi connectivity index (χ4v) is 2.63. The van der Waals surface area contributed by atoms with Crippen LogP contribution in [0.15, 0.2) is 46.9 Å². The lowest BCUT2D eigenvalue weighted by Gasteiger charge is -2.32. The molecule has 0 saturated carbocycles. The summed E-state index contributed by atoms with van der Waals surface area (Å²) in [5, 5.41) is 5.22. The van der Waals surface area contributed by atoms with E-state index in [9.17, 15) is 9.59 Å². The summed E-state index contributed by atoms with van der Waals surface area (Å²) in [7, 11) is 0. The summed E-state index contributed by atoms with van der Waals surface area (Å²) in [6.07, 6.45) is 0. The molecule has 0 saturated heterocycles. The van der Waals surface area contributed by atoms with Crippen molar-refractivity contribution < 1.29 is 18.7 Å². The van der Waals surface area contributed by atoms with Crippen molar-refractivity contribution in [3.05, 3.63) is 48.0 Å². The van der Waals surface area contributed by atoms with Crippen LogP contribution in [0.1, 0.15) is 12.5 Å². The van der Waals surface area contributed by atoms with E-state index in [0.717, 1.165) is 5.56 Å². The molecule has 0 fully saturated rings. The highest BCUT2D eigenvalue weighted by atomic mass is 16.5. The topological polar surface area (TPSA) is 93.5 Å². The van der Waals surface area contributed by atoms with Gasteiger partial charge in [-0.05, 0) is 43.7 Å². The Morgan fingerprint density at radius 2 is 2.04 bits per heavy atom. The maximum Gasteiger partial charge on any atom is 0.302 e. The summed E-state index contributed by atoms with van der Waals surface area (Å²) < 4.78 is 11.2. The van der Waals surface area contributed by atoms with Crippen LogP contribution in [-0.2, 0) is 9.59 Å². The molecule has 2 amide bonds. The molecule has 1 aliphatic rings. The van der Waals surface area contributed by atoms with Crippen LogP contribution in [0.5, 0.6) is 5.75 Å². The number of amides is 2. The zero-order valence-corrected chi connectivity index (χ0v) is 13.6. The smallest absolute Gasteiger partial charge is 0.302 e. The summed E-state index contributed by atoms with van der Waals surface area (Å²) in [5.41, 5.74) is 0.929. The number of nitrogens with one attached hydrogen (secondary N) is 2. The summed E-state index contributed by atoms with van der Waals surface area (Å²) in [5.74, 6) is -0.789. The lowest BCUT2D eigenvalue weighted by atomic mass is 10.0. The van der Waals surface area contributed by atoms with Crippen molar-refractivity contribution in [1.82, 2.24) is 4.98 Å². The lowest BCUT2D eigenvalue weighted by Crippen LogP contribution is -2.56. The summed E-state index contributed by atoms with van der Waals surface area (Å²) in [4.78, 5) is 29.3. The SMILES string of the molecule is Cc1ccc2c(c1)NC(=O)C(C)(C(=O)Nc1nc3ccccc3o1)O2. The van der Waals surface area contributed by atoms with Gasteiger partial charge in [0.25, 0.3) is 17.4 Å². The minimum absolute atomic E-state index is 0.0125. The van der Waals surface area contributed by atoms with Crippen molar-refractivity contribution in [3.8, 4) is 5.75 Å². The molecule has 3 aromatic rings. The van der Waals surface area contributed by atoms with Gasteiger partial charge in [-0.25, -0.2) is 0 Å². The Morgan fingerprint density at radius 1 is 1.24 bits per heavy atom. The number of aromatic nitrogens is 1. The van der Waals surface area contributed by atoms with Crippen LogP contribution in [0.2, 0.25) is 0 Å². The quantitative estimate of drug-likeness (QED) is 0.701. The number of aryl methyl sites for hydroxylation is 1. The third-order valence-corrected chi connectivity index (χ3v) is 4.08. The number of hydrogen-bond acceptors (Lipinski definition) is 5. The molecule has 1 atom stereocenters. The van der Waals surface area contributed by atoms with Crippen molar-refractivity contribution >= 4 is 34.6 Å². The van der Waals surface area contributed by atoms with Crippen molar-refractivity contribution in [3.63, 3.8) is 0 Å². The fourth-order valence-electron chi connectivity index (χ4n) is 2.63. The molecule has 126 valence electrons. The zero-order chi connectivity index (χ0) is 17.6. The van der Waals surface area contributed by atoms with Crippen LogP contribution < -0.4 is 15.4 Å². The predicted molar refractivity (Wildman–Crippen MR) is 91.5 cm³/mol. The van der Waals surface area contributed by atoms with E-state index in [1.807, 2.05) is 19.1 Å². The molecule has 2 N–H and O–H groups in total. The van der Waals surface area contributed by atoms with Gasteiger partial charge >= 0.3 is 6.01 Å². The van der Waals surface area contributed by atoms with Gasteiger partial charge in [0, 0.05) is 0 Å². The Balaban J connectivity index is 1.62. The second kappa shape index (κ2) is 5.34. The molecule has 1 unspecified atom stereocenters. The van der Waals surface area contributed by atoms with Gasteiger partial charge in [0.05, 0.1) is 5.69 Å². The number of hydrogen-bond donors (Lipinski definition) is 2. The van der Waals surface area contributed by atoms with Crippen molar-refractivity contribution in [2.45, 2.75) is 19.4 Å².